The summed E-state index contributed by atoms with van der Waals surface area (Å²) in [6.45, 7) is 1.46. The van der Waals surface area contributed by atoms with Crippen LogP contribution in [0.15, 0.2) is 23.1 Å². The van der Waals surface area contributed by atoms with Crippen LogP contribution in [-0.2, 0) is 14.8 Å². The summed E-state index contributed by atoms with van der Waals surface area (Å²) in [5, 5.41) is 0. The summed E-state index contributed by atoms with van der Waals surface area (Å²) in [6.07, 6.45) is 1.48. The van der Waals surface area contributed by atoms with Crippen LogP contribution < -0.4 is 4.74 Å². The largest absolute Gasteiger partial charge is 0.495 e. The van der Waals surface area contributed by atoms with Gasteiger partial charge in [0, 0.05) is 26.8 Å². The molecule has 1 heterocycles. The lowest BCUT2D eigenvalue weighted by Gasteiger charge is -2.31. The van der Waals surface area contributed by atoms with Crippen LogP contribution in [0.3, 0.4) is 0 Å². The number of halogens is 1. The van der Waals surface area contributed by atoms with Gasteiger partial charge in [-0.1, -0.05) is 0 Å². The Bertz CT molecular complexity index is 583. The highest BCUT2D eigenvalue weighted by Gasteiger charge is 2.31. The van der Waals surface area contributed by atoms with Gasteiger partial charge < -0.3 is 9.47 Å². The molecule has 1 aromatic rings. The third-order valence-electron chi connectivity index (χ3n) is 3.72. The molecule has 1 saturated heterocycles. The number of nitrogens with zero attached hydrogens (tertiary/aromatic N) is 1. The van der Waals surface area contributed by atoms with Gasteiger partial charge in [-0.2, -0.15) is 4.31 Å². The van der Waals surface area contributed by atoms with E-state index >= 15 is 0 Å². The molecule has 0 radical (unpaired) electrons. The second-order valence-corrected chi connectivity index (χ2v) is 7.00. The van der Waals surface area contributed by atoms with Crippen LogP contribution in [-0.4, -0.2) is 46.6 Å². The molecule has 0 N–H and O–H groups in total. The number of piperidine rings is 1. The Kier molecular flexibility index (Phi) is 5.18. The molecule has 1 fully saturated rings. The summed E-state index contributed by atoms with van der Waals surface area (Å²) in [7, 11) is -0.726. The fourth-order valence-corrected chi connectivity index (χ4v) is 4.18. The van der Waals surface area contributed by atoms with Crippen LogP contribution >= 0.6 is 0 Å². The van der Waals surface area contributed by atoms with Crippen molar-refractivity contribution in [3.63, 3.8) is 0 Å². The third kappa shape index (κ3) is 3.53. The van der Waals surface area contributed by atoms with Crippen LogP contribution in [0, 0.1) is 11.7 Å². The normalized spacial score (nSPS) is 17.9. The van der Waals surface area contributed by atoms with Crippen molar-refractivity contribution in [3.8, 4) is 5.75 Å². The van der Waals surface area contributed by atoms with E-state index in [0.29, 0.717) is 25.6 Å². The number of sulfonamides is 1. The molecule has 0 saturated carbocycles. The molecule has 0 bridgehead atoms. The molecule has 0 unspecified atom stereocenters. The lowest BCUT2D eigenvalue weighted by atomic mass is 9.99. The maximum Gasteiger partial charge on any atom is 0.246 e. The molecule has 1 aromatic carbocycles. The van der Waals surface area contributed by atoms with Gasteiger partial charge in [0.25, 0.3) is 0 Å². The van der Waals surface area contributed by atoms with Crippen LogP contribution in [0.4, 0.5) is 4.39 Å². The van der Waals surface area contributed by atoms with E-state index in [9.17, 15) is 12.8 Å². The van der Waals surface area contributed by atoms with E-state index in [2.05, 4.69) is 0 Å². The second kappa shape index (κ2) is 6.72. The van der Waals surface area contributed by atoms with Crippen molar-refractivity contribution in [2.75, 3.05) is 33.9 Å². The van der Waals surface area contributed by atoms with Gasteiger partial charge in [-0.25, -0.2) is 12.8 Å². The Morgan fingerprint density at radius 2 is 1.95 bits per heavy atom. The quantitative estimate of drug-likeness (QED) is 0.832. The summed E-state index contributed by atoms with van der Waals surface area (Å²) in [4.78, 5) is -0.116. The van der Waals surface area contributed by atoms with Gasteiger partial charge in [-0.15, -0.1) is 0 Å². The number of rotatable bonds is 5. The molecule has 21 heavy (non-hydrogen) atoms. The van der Waals surface area contributed by atoms with Gasteiger partial charge in [0.2, 0.25) is 10.0 Å². The molecule has 0 spiro atoms. The van der Waals surface area contributed by atoms with Gasteiger partial charge in [0.1, 0.15) is 16.5 Å². The van der Waals surface area contributed by atoms with Crippen molar-refractivity contribution in [2.24, 2.45) is 5.92 Å². The van der Waals surface area contributed by atoms with Crippen LogP contribution in [0.5, 0.6) is 5.75 Å². The van der Waals surface area contributed by atoms with Crippen LogP contribution in [0.1, 0.15) is 12.8 Å². The van der Waals surface area contributed by atoms with Crippen molar-refractivity contribution < 1.29 is 22.3 Å². The number of methoxy groups -OCH3 is 2. The zero-order chi connectivity index (χ0) is 15.5. The number of hydrogen-bond donors (Lipinski definition) is 0. The SMILES string of the molecule is COCC1CCN(S(=O)(=O)c2cc(F)ccc2OC)CC1. The minimum Gasteiger partial charge on any atom is -0.495 e. The van der Waals surface area contributed by atoms with Crippen molar-refractivity contribution in [2.45, 2.75) is 17.7 Å². The van der Waals surface area contributed by atoms with E-state index in [1.807, 2.05) is 0 Å². The van der Waals surface area contributed by atoms with Gasteiger partial charge >= 0.3 is 0 Å². The van der Waals surface area contributed by atoms with Crippen LogP contribution in [0.2, 0.25) is 0 Å². The van der Waals surface area contributed by atoms with E-state index < -0.39 is 15.8 Å². The Hall–Kier alpha value is -1.18. The van der Waals surface area contributed by atoms with E-state index in [-0.39, 0.29) is 10.6 Å². The molecule has 0 atom stereocenters. The van der Waals surface area contributed by atoms with Gasteiger partial charge in [0.05, 0.1) is 7.11 Å². The van der Waals surface area contributed by atoms with Gasteiger partial charge in [-0.05, 0) is 37.0 Å². The zero-order valence-electron chi connectivity index (χ0n) is 12.2. The third-order valence-corrected chi connectivity index (χ3v) is 5.64. The van der Waals surface area contributed by atoms with E-state index in [1.54, 1.807) is 7.11 Å². The lowest BCUT2D eigenvalue weighted by molar-refractivity contribution is 0.121. The lowest BCUT2D eigenvalue weighted by Crippen LogP contribution is -2.39. The predicted octanol–water partition coefficient (Wildman–Crippen LogP) is 1.88. The molecule has 0 aromatic heterocycles. The number of ether oxygens (including phenoxy) is 2. The first-order valence-electron chi connectivity index (χ1n) is 6.81. The average Bonchev–Trinajstić information content (AvgIpc) is 2.48. The highest BCUT2D eigenvalue weighted by Crippen LogP contribution is 2.30. The standard InChI is InChI=1S/C14H20FNO4S/c1-19-10-11-5-7-16(8-6-11)21(17,18)14-9-12(15)3-4-13(14)20-2/h3-4,9,11H,5-8,10H2,1-2H3. The summed E-state index contributed by atoms with van der Waals surface area (Å²) in [6, 6.07) is 3.53. The molecule has 118 valence electrons. The highest BCUT2D eigenvalue weighted by molar-refractivity contribution is 7.89. The molecule has 0 aliphatic carbocycles. The van der Waals surface area contributed by atoms with E-state index in [4.69, 9.17) is 9.47 Å². The molecule has 7 heteroatoms. The minimum absolute atomic E-state index is 0.116. The predicted molar refractivity (Wildman–Crippen MR) is 76.3 cm³/mol. The first kappa shape index (κ1) is 16.2. The Labute approximate surface area is 124 Å². The van der Waals surface area contributed by atoms with Crippen molar-refractivity contribution in [1.82, 2.24) is 4.31 Å². The molecule has 2 rings (SSSR count). The van der Waals surface area contributed by atoms with Crippen LogP contribution in [0.25, 0.3) is 0 Å². The van der Waals surface area contributed by atoms with E-state index in [0.717, 1.165) is 18.9 Å². The summed E-state index contributed by atoms with van der Waals surface area (Å²) < 4.78 is 50.2. The summed E-state index contributed by atoms with van der Waals surface area (Å²) in [5.74, 6) is -0.0603. The maximum atomic E-state index is 13.4. The van der Waals surface area contributed by atoms with Gasteiger partial charge in [-0.3, -0.25) is 0 Å². The summed E-state index contributed by atoms with van der Waals surface area (Å²) in [5.41, 5.74) is 0. The fraction of sp³-hybridized carbons (Fsp3) is 0.571. The number of hydrogen-bond acceptors (Lipinski definition) is 4. The monoisotopic (exact) mass is 317 g/mol. The second-order valence-electron chi connectivity index (χ2n) is 5.10. The van der Waals surface area contributed by atoms with Crippen molar-refractivity contribution in [1.29, 1.82) is 0 Å². The molecule has 0 amide bonds. The smallest absolute Gasteiger partial charge is 0.246 e. The Balaban J connectivity index is 2.21. The Morgan fingerprint density at radius 1 is 1.29 bits per heavy atom. The first-order chi connectivity index (χ1) is 9.98. The summed E-state index contributed by atoms with van der Waals surface area (Å²) >= 11 is 0. The molecule has 1 aliphatic rings. The molecule has 1 aliphatic heterocycles. The van der Waals surface area contributed by atoms with Gasteiger partial charge in [0.15, 0.2) is 0 Å². The molecular weight excluding hydrogens is 297 g/mol. The maximum absolute atomic E-state index is 13.4. The Morgan fingerprint density at radius 3 is 2.52 bits per heavy atom. The number of benzene rings is 1. The average molecular weight is 317 g/mol. The van der Waals surface area contributed by atoms with Crippen molar-refractivity contribution in [3.05, 3.63) is 24.0 Å². The van der Waals surface area contributed by atoms with E-state index in [1.165, 1.54) is 23.5 Å². The fourth-order valence-electron chi connectivity index (χ4n) is 2.54. The molecule has 5 nitrogen and oxygen atoms in total. The first-order valence-corrected chi connectivity index (χ1v) is 8.25. The topological polar surface area (TPSA) is 55.8 Å². The zero-order valence-corrected chi connectivity index (χ0v) is 13.0. The van der Waals surface area contributed by atoms with Crippen molar-refractivity contribution >= 4 is 10.0 Å². The molecular formula is C14H20FNO4S. The minimum atomic E-state index is -3.74. The highest BCUT2D eigenvalue weighted by atomic mass is 32.2.